The number of hydrogen-bond donors (Lipinski definition) is 2. The van der Waals surface area contributed by atoms with Gasteiger partial charge in [0.25, 0.3) is 0 Å². The van der Waals surface area contributed by atoms with Gasteiger partial charge in [0.15, 0.2) is 0 Å². The Labute approximate surface area is 111 Å². The summed E-state index contributed by atoms with van der Waals surface area (Å²) >= 11 is 0. The average molecular weight is 266 g/mol. The van der Waals surface area contributed by atoms with E-state index in [1.54, 1.807) is 19.2 Å². The van der Waals surface area contributed by atoms with Crippen molar-refractivity contribution in [3.05, 3.63) is 35.8 Å². The molecule has 2 aromatic rings. The molecule has 0 saturated heterocycles. The molecule has 5 heteroatoms. The summed E-state index contributed by atoms with van der Waals surface area (Å²) in [4.78, 5) is 0. The Balaban J connectivity index is 2.30. The van der Waals surface area contributed by atoms with Gasteiger partial charge >= 0.3 is 0 Å². The summed E-state index contributed by atoms with van der Waals surface area (Å²) in [7, 11) is 1.65. The molecule has 0 aliphatic carbocycles. The van der Waals surface area contributed by atoms with Crippen molar-refractivity contribution in [2.75, 3.05) is 7.11 Å². The highest BCUT2D eigenvalue weighted by Gasteiger charge is 2.25. The monoisotopic (exact) mass is 266 g/mol. The Bertz CT molecular complexity index is 566. The predicted molar refractivity (Wildman–Crippen MR) is 71.9 cm³/mol. The van der Waals surface area contributed by atoms with Crippen LogP contribution in [0.15, 0.2) is 28.7 Å². The molecule has 0 aliphatic heterocycles. The van der Waals surface area contributed by atoms with Crippen LogP contribution in [-0.4, -0.2) is 12.7 Å². The molecule has 104 valence electrons. The maximum atomic E-state index is 13.2. The average Bonchev–Trinajstić information content (AvgIpc) is 2.78. The normalized spacial score (nSPS) is 13.9. The molecule has 2 rings (SSSR count). The highest BCUT2D eigenvalue weighted by molar-refractivity contribution is 5.78. The van der Waals surface area contributed by atoms with Gasteiger partial charge in [0.1, 0.15) is 17.2 Å². The predicted octanol–water partition coefficient (Wildman–Crippen LogP) is 2.89. The Kier molecular flexibility index (Phi) is 3.89. The number of ether oxygens (including phenoxy) is 1. The zero-order chi connectivity index (χ0) is 14.0. The van der Waals surface area contributed by atoms with Gasteiger partial charge in [-0.15, -0.1) is 0 Å². The van der Waals surface area contributed by atoms with E-state index < -0.39 is 0 Å². The SMILES string of the molecule is COC(C)(C)CC(NN)c1cc2cc(F)ccc2o1. The first-order valence-corrected chi connectivity index (χ1v) is 6.15. The number of nitrogens with one attached hydrogen (secondary N) is 1. The fourth-order valence-electron chi connectivity index (χ4n) is 2.02. The molecule has 0 radical (unpaired) electrons. The molecule has 4 nitrogen and oxygen atoms in total. The third-order valence-corrected chi connectivity index (χ3v) is 3.29. The second kappa shape index (κ2) is 5.28. The standard InChI is InChI=1S/C14H19FN2O2/c1-14(2,18-3)8-11(17-16)13-7-9-6-10(15)4-5-12(9)19-13/h4-7,11,17H,8,16H2,1-3H3. The van der Waals surface area contributed by atoms with Gasteiger partial charge in [0.2, 0.25) is 0 Å². The van der Waals surface area contributed by atoms with E-state index >= 15 is 0 Å². The number of benzene rings is 1. The number of hydrogen-bond acceptors (Lipinski definition) is 4. The Morgan fingerprint density at radius 2 is 2.16 bits per heavy atom. The van der Waals surface area contributed by atoms with Gasteiger partial charge in [-0.2, -0.15) is 0 Å². The van der Waals surface area contributed by atoms with Crippen LogP contribution in [-0.2, 0) is 4.74 Å². The molecule has 1 unspecified atom stereocenters. The lowest BCUT2D eigenvalue weighted by Gasteiger charge is -2.27. The second-order valence-electron chi connectivity index (χ2n) is 5.22. The second-order valence-corrected chi connectivity index (χ2v) is 5.22. The fourth-order valence-corrected chi connectivity index (χ4v) is 2.02. The van der Waals surface area contributed by atoms with Crippen molar-refractivity contribution in [1.29, 1.82) is 0 Å². The number of rotatable bonds is 5. The molecule has 1 aromatic carbocycles. The molecule has 0 aliphatic rings. The van der Waals surface area contributed by atoms with Crippen LogP contribution in [0.5, 0.6) is 0 Å². The highest BCUT2D eigenvalue weighted by Crippen LogP contribution is 2.30. The Hall–Kier alpha value is -1.43. The molecule has 3 N–H and O–H groups in total. The number of nitrogens with two attached hydrogens (primary N) is 1. The number of methoxy groups -OCH3 is 1. The summed E-state index contributed by atoms with van der Waals surface area (Å²) in [5.74, 6) is 5.97. The van der Waals surface area contributed by atoms with Crippen LogP contribution in [0, 0.1) is 5.82 Å². The molecule has 0 amide bonds. The van der Waals surface area contributed by atoms with Crippen molar-refractivity contribution in [2.45, 2.75) is 31.9 Å². The van der Waals surface area contributed by atoms with Crippen molar-refractivity contribution in [3.8, 4) is 0 Å². The Morgan fingerprint density at radius 3 is 2.79 bits per heavy atom. The summed E-state index contributed by atoms with van der Waals surface area (Å²) in [5, 5.41) is 0.727. The van der Waals surface area contributed by atoms with Crippen molar-refractivity contribution in [1.82, 2.24) is 5.43 Å². The summed E-state index contributed by atoms with van der Waals surface area (Å²) in [6, 6.07) is 6.04. The van der Waals surface area contributed by atoms with E-state index in [1.807, 2.05) is 13.8 Å². The molecular formula is C14H19FN2O2. The molecule has 0 spiro atoms. The van der Waals surface area contributed by atoms with Crippen molar-refractivity contribution < 1.29 is 13.5 Å². The van der Waals surface area contributed by atoms with Crippen molar-refractivity contribution in [3.63, 3.8) is 0 Å². The topological polar surface area (TPSA) is 60.4 Å². The van der Waals surface area contributed by atoms with Gasteiger partial charge in [-0.25, -0.2) is 9.82 Å². The number of halogens is 1. The van der Waals surface area contributed by atoms with Crippen LogP contribution >= 0.6 is 0 Å². The molecule has 1 atom stereocenters. The lowest BCUT2D eigenvalue weighted by molar-refractivity contribution is 0.00512. The zero-order valence-electron chi connectivity index (χ0n) is 11.4. The van der Waals surface area contributed by atoms with E-state index in [4.69, 9.17) is 15.0 Å². The van der Waals surface area contributed by atoms with Gasteiger partial charge < -0.3 is 9.15 Å². The lowest BCUT2D eigenvalue weighted by atomic mass is 9.97. The number of furan rings is 1. The van der Waals surface area contributed by atoms with Crippen LogP contribution in [0.1, 0.15) is 32.1 Å². The van der Waals surface area contributed by atoms with Gasteiger partial charge in [-0.05, 0) is 44.5 Å². The smallest absolute Gasteiger partial charge is 0.134 e. The van der Waals surface area contributed by atoms with Gasteiger partial charge in [0.05, 0.1) is 11.6 Å². The summed E-state index contributed by atoms with van der Waals surface area (Å²) in [5.41, 5.74) is 3.03. The van der Waals surface area contributed by atoms with Crippen LogP contribution in [0.4, 0.5) is 4.39 Å². The van der Waals surface area contributed by atoms with Gasteiger partial charge in [0, 0.05) is 12.5 Å². The number of hydrazine groups is 1. The molecule has 1 heterocycles. The van der Waals surface area contributed by atoms with E-state index in [0.29, 0.717) is 17.8 Å². The number of fused-ring (bicyclic) bond motifs is 1. The minimum atomic E-state index is -0.332. The van der Waals surface area contributed by atoms with E-state index in [0.717, 1.165) is 5.39 Å². The molecular weight excluding hydrogens is 247 g/mol. The van der Waals surface area contributed by atoms with Crippen LogP contribution in [0.2, 0.25) is 0 Å². The fraction of sp³-hybridized carbons (Fsp3) is 0.429. The van der Waals surface area contributed by atoms with Crippen LogP contribution in [0.25, 0.3) is 11.0 Å². The molecule has 1 aromatic heterocycles. The highest BCUT2D eigenvalue weighted by atomic mass is 19.1. The zero-order valence-corrected chi connectivity index (χ0v) is 11.4. The third-order valence-electron chi connectivity index (χ3n) is 3.29. The molecule has 19 heavy (non-hydrogen) atoms. The third kappa shape index (κ3) is 3.12. The van der Waals surface area contributed by atoms with E-state index in [-0.39, 0.29) is 17.5 Å². The molecule has 0 bridgehead atoms. The largest absolute Gasteiger partial charge is 0.459 e. The first-order valence-electron chi connectivity index (χ1n) is 6.15. The molecule has 0 fully saturated rings. The Morgan fingerprint density at radius 1 is 1.42 bits per heavy atom. The van der Waals surface area contributed by atoms with Crippen molar-refractivity contribution in [2.24, 2.45) is 5.84 Å². The van der Waals surface area contributed by atoms with Crippen molar-refractivity contribution >= 4 is 11.0 Å². The van der Waals surface area contributed by atoms with Crippen LogP contribution in [0.3, 0.4) is 0 Å². The lowest BCUT2D eigenvalue weighted by Crippen LogP contribution is -2.35. The van der Waals surface area contributed by atoms with Gasteiger partial charge in [-0.1, -0.05) is 0 Å². The van der Waals surface area contributed by atoms with E-state index in [2.05, 4.69) is 5.43 Å². The summed E-state index contributed by atoms with van der Waals surface area (Å²) in [6.07, 6.45) is 0.641. The minimum absolute atomic E-state index is 0.189. The first-order chi connectivity index (χ1) is 8.95. The maximum absolute atomic E-state index is 13.2. The molecule has 0 saturated carbocycles. The van der Waals surface area contributed by atoms with E-state index in [1.165, 1.54) is 12.1 Å². The minimum Gasteiger partial charge on any atom is -0.459 e. The van der Waals surface area contributed by atoms with Crippen LogP contribution < -0.4 is 11.3 Å². The first kappa shape index (κ1) is 14.0. The summed E-state index contributed by atoms with van der Waals surface area (Å²) in [6.45, 7) is 3.94. The summed E-state index contributed by atoms with van der Waals surface area (Å²) < 4.78 is 24.2. The quantitative estimate of drug-likeness (QED) is 0.645. The van der Waals surface area contributed by atoms with E-state index in [9.17, 15) is 4.39 Å². The van der Waals surface area contributed by atoms with Gasteiger partial charge in [-0.3, -0.25) is 5.84 Å². The maximum Gasteiger partial charge on any atom is 0.134 e.